The van der Waals surface area contributed by atoms with E-state index in [0.29, 0.717) is 12.5 Å². The highest BCUT2D eigenvalue weighted by molar-refractivity contribution is 5.65. The molecule has 0 fully saturated rings. The Labute approximate surface area is 86.3 Å². The van der Waals surface area contributed by atoms with Gasteiger partial charge in [0.05, 0.1) is 6.61 Å². The number of carbonyl (C=O) groups is 1. The van der Waals surface area contributed by atoms with Crippen LogP contribution in [0, 0.1) is 11.3 Å². The molecule has 0 aromatic heterocycles. The Hall–Kier alpha value is -0.790. The lowest BCUT2D eigenvalue weighted by molar-refractivity contribution is -0.143. The molecule has 0 radical (unpaired) electrons. The zero-order valence-corrected chi connectivity index (χ0v) is 9.59. The molecule has 0 saturated carbocycles. The smallest absolute Gasteiger partial charge is 0.302 e. The molecule has 2 nitrogen and oxygen atoms in total. The molecule has 0 amide bonds. The van der Waals surface area contributed by atoms with E-state index in [-0.39, 0.29) is 11.4 Å². The molecule has 0 aromatic carbocycles. The van der Waals surface area contributed by atoms with Gasteiger partial charge in [0, 0.05) is 12.8 Å². The third kappa shape index (κ3) is 2.86. The number of allylic oxidation sites excluding steroid dienone is 2. The molecule has 0 N–H and O–H groups in total. The normalized spacial score (nSPS) is 25.4. The predicted molar refractivity (Wildman–Crippen MR) is 56.9 cm³/mol. The summed E-state index contributed by atoms with van der Waals surface area (Å²) in [6.45, 7) is 8.63. The number of rotatable bonds is 2. The minimum absolute atomic E-state index is 0.164. The quantitative estimate of drug-likeness (QED) is 0.501. The van der Waals surface area contributed by atoms with Gasteiger partial charge in [-0.05, 0) is 25.2 Å². The van der Waals surface area contributed by atoms with Crippen LogP contribution < -0.4 is 0 Å². The van der Waals surface area contributed by atoms with Gasteiger partial charge in [-0.1, -0.05) is 25.5 Å². The standard InChI is InChI=1S/C12H20O2/c1-9-5-6-11(8-14-10(2)13)12(3,4)7-9/h7,11H,5-6,8H2,1-4H3. The molecule has 0 spiro atoms. The van der Waals surface area contributed by atoms with Gasteiger partial charge in [0.2, 0.25) is 0 Å². The molecule has 0 saturated heterocycles. The maximum atomic E-state index is 10.7. The molecule has 0 aliphatic heterocycles. The van der Waals surface area contributed by atoms with Crippen molar-refractivity contribution in [1.82, 2.24) is 0 Å². The van der Waals surface area contributed by atoms with E-state index < -0.39 is 0 Å². The SMILES string of the molecule is CC(=O)OCC1CCC(C)=CC1(C)C. The summed E-state index contributed by atoms with van der Waals surface area (Å²) in [5.74, 6) is 0.294. The van der Waals surface area contributed by atoms with Gasteiger partial charge in [0.1, 0.15) is 0 Å². The fourth-order valence-electron chi connectivity index (χ4n) is 2.12. The zero-order valence-electron chi connectivity index (χ0n) is 9.59. The first-order valence-corrected chi connectivity index (χ1v) is 5.23. The highest BCUT2D eigenvalue weighted by atomic mass is 16.5. The summed E-state index contributed by atoms with van der Waals surface area (Å²) < 4.78 is 5.08. The lowest BCUT2D eigenvalue weighted by Crippen LogP contribution is -2.30. The molecular weight excluding hydrogens is 176 g/mol. The van der Waals surface area contributed by atoms with Crippen LogP contribution in [0.1, 0.15) is 40.5 Å². The monoisotopic (exact) mass is 196 g/mol. The maximum Gasteiger partial charge on any atom is 0.302 e. The lowest BCUT2D eigenvalue weighted by Gasteiger charge is -2.35. The van der Waals surface area contributed by atoms with Gasteiger partial charge in [0.15, 0.2) is 0 Å². The molecular formula is C12H20O2. The Morgan fingerprint density at radius 1 is 1.64 bits per heavy atom. The van der Waals surface area contributed by atoms with E-state index in [0.717, 1.165) is 12.8 Å². The van der Waals surface area contributed by atoms with Crippen molar-refractivity contribution in [2.75, 3.05) is 6.61 Å². The van der Waals surface area contributed by atoms with Gasteiger partial charge < -0.3 is 4.74 Å². The van der Waals surface area contributed by atoms with E-state index in [9.17, 15) is 4.79 Å². The average molecular weight is 196 g/mol. The van der Waals surface area contributed by atoms with E-state index in [1.807, 2.05) is 0 Å². The molecule has 1 aliphatic rings. The number of hydrogen-bond acceptors (Lipinski definition) is 2. The van der Waals surface area contributed by atoms with Crippen molar-refractivity contribution in [3.63, 3.8) is 0 Å². The van der Waals surface area contributed by atoms with Crippen LogP contribution in [0.2, 0.25) is 0 Å². The van der Waals surface area contributed by atoms with Crippen molar-refractivity contribution in [1.29, 1.82) is 0 Å². The fraction of sp³-hybridized carbons (Fsp3) is 0.750. The van der Waals surface area contributed by atoms with Crippen LogP contribution in [0.4, 0.5) is 0 Å². The Bertz CT molecular complexity index is 251. The topological polar surface area (TPSA) is 26.3 Å². The van der Waals surface area contributed by atoms with Crippen LogP contribution in [-0.2, 0) is 9.53 Å². The summed E-state index contributed by atoms with van der Waals surface area (Å²) in [7, 11) is 0. The second kappa shape index (κ2) is 4.16. The summed E-state index contributed by atoms with van der Waals surface area (Å²) in [6.07, 6.45) is 4.57. The van der Waals surface area contributed by atoms with Crippen LogP contribution >= 0.6 is 0 Å². The van der Waals surface area contributed by atoms with E-state index >= 15 is 0 Å². The molecule has 1 atom stereocenters. The number of carbonyl (C=O) groups excluding carboxylic acids is 1. The number of hydrogen-bond donors (Lipinski definition) is 0. The van der Waals surface area contributed by atoms with Crippen molar-refractivity contribution in [3.8, 4) is 0 Å². The van der Waals surface area contributed by atoms with E-state index in [2.05, 4.69) is 26.8 Å². The minimum Gasteiger partial charge on any atom is -0.466 e. The van der Waals surface area contributed by atoms with Crippen molar-refractivity contribution in [3.05, 3.63) is 11.6 Å². The first kappa shape index (κ1) is 11.3. The Morgan fingerprint density at radius 2 is 2.29 bits per heavy atom. The Kier molecular flexibility index (Phi) is 3.35. The third-order valence-electron chi connectivity index (χ3n) is 3.05. The molecule has 80 valence electrons. The van der Waals surface area contributed by atoms with Gasteiger partial charge in [0.25, 0.3) is 0 Å². The highest BCUT2D eigenvalue weighted by Gasteiger charge is 2.31. The molecule has 1 aliphatic carbocycles. The fourth-order valence-corrected chi connectivity index (χ4v) is 2.12. The zero-order chi connectivity index (χ0) is 10.8. The second-order valence-electron chi connectivity index (χ2n) is 4.85. The van der Waals surface area contributed by atoms with Crippen LogP contribution in [-0.4, -0.2) is 12.6 Å². The first-order chi connectivity index (χ1) is 6.42. The van der Waals surface area contributed by atoms with Gasteiger partial charge in [-0.25, -0.2) is 0 Å². The Balaban J connectivity index is 2.58. The van der Waals surface area contributed by atoms with Gasteiger partial charge in [-0.15, -0.1) is 0 Å². The van der Waals surface area contributed by atoms with Gasteiger partial charge in [-0.3, -0.25) is 4.79 Å². The first-order valence-electron chi connectivity index (χ1n) is 5.23. The van der Waals surface area contributed by atoms with Crippen molar-refractivity contribution >= 4 is 5.97 Å². The summed E-state index contributed by atoms with van der Waals surface area (Å²) in [5, 5.41) is 0. The van der Waals surface area contributed by atoms with Gasteiger partial charge >= 0.3 is 5.97 Å². The second-order valence-corrected chi connectivity index (χ2v) is 4.85. The molecule has 0 bridgehead atoms. The predicted octanol–water partition coefficient (Wildman–Crippen LogP) is 2.93. The molecule has 14 heavy (non-hydrogen) atoms. The molecule has 0 heterocycles. The molecule has 2 heteroatoms. The molecule has 0 aromatic rings. The third-order valence-corrected chi connectivity index (χ3v) is 3.05. The minimum atomic E-state index is -0.174. The molecule has 1 unspecified atom stereocenters. The van der Waals surface area contributed by atoms with E-state index in [1.54, 1.807) is 0 Å². The van der Waals surface area contributed by atoms with Crippen molar-refractivity contribution in [2.45, 2.75) is 40.5 Å². The lowest BCUT2D eigenvalue weighted by atomic mass is 9.71. The summed E-state index contributed by atoms with van der Waals surface area (Å²) in [6, 6.07) is 0. The summed E-state index contributed by atoms with van der Waals surface area (Å²) in [4.78, 5) is 10.7. The number of ether oxygens (including phenoxy) is 1. The van der Waals surface area contributed by atoms with Crippen LogP contribution in [0.5, 0.6) is 0 Å². The highest BCUT2D eigenvalue weighted by Crippen LogP contribution is 2.38. The van der Waals surface area contributed by atoms with Crippen molar-refractivity contribution < 1.29 is 9.53 Å². The van der Waals surface area contributed by atoms with Crippen LogP contribution in [0.25, 0.3) is 0 Å². The number of esters is 1. The van der Waals surface area contributed by atoms with Gasteiger partial charge in [-0.2, -0.15) is 0 Å². The molecule has 1 rings (SSSR count). The largest absolute Gasteiger partial charge is 0.466 e. The maximum absolute atomic E-state index is 10.7. The van der Waals surface area contributed by atoms with Crippen LogP contribution in [0.3, 0.4) is 0 Å². The summed E-state index contributed by atoms with van der Waals surface area (Å²) in [5.41, 5.74) is 1.62. The van der Waals surface area contributed by atoms with Crippen LogP contribution in [0.15, 0.2) is 11.6 Å². The van der Waals surface area contributed by atoms with Crippen molar-refractivity contribution in [2.24, 2.45) is 11.3 Å². The Morgan fingerprint density at radius 3 is 2.79 bits per heavy atom. The average Bonchev–Trinajstić information content (AvgIpc) is 2.00. The van der Waals surface area contributed by atoms with E-state index in [1.165, 1.54) is 12.5 Å². The summed E-state index contributed by atoms with van der Waals surface area (Å²) >= 11 is 0. The van der Waals surface area contributed by atoms with E-state index in [4.69, 9.17) is 4.74 Å².